The fraction of sp³-hybridized carbons (Fsp3) is 0.625. The third-order valence-electron chi connectivity index (χ3n) is 3.85. The molecule has 5 heteroatoms. The van der Waals surface area contributed by atoms with Crippen molar-refractivity contribution in [2.24, 2.45) is 5.92 Å². The molecule has 1 fully saturated rings. The highest BCUT2D eigenvalue weighted by atomic mass is 16.5. The van der Waals surface area contributed by atoms with E-state index in [2.05, 4.69) is 29.5 Å². The summed E-state index contributed by atoms with van der Waals surface area (Å²) in [5, 5.41) is 6.05. The normalized spacial score (nSPS) is 16.0. The van der Waals surface area contributed by atoms with E-state index in [1.54, 1.807) is 6.07 Å². The molecule has 0 bridgehead atoms. The van der Waals surface area contributed by atoms with Gasteiger partial charge in [0.05, 0.1) is 0 Å². The molecule has 2 N–H and O–H groups in total. The molecule has 116 valence electrons. The molecule has 21 heavy (non-hydrogen) atoms. The molecule has 0 radical (unpaired) electrons. The molecule has 5 nitrogen and oxygen atoms in total. The van der Waals surface area contributed by atoms with Gasteiger partial charge in [0.1, 0.15) is 5.82 Å². The number of amides is 1. The van der Waals surface area contributed by atoms with Crippen molar-refractivity contribution < 1.29 is 9.53 Å². The van der Waals surface area contributed by atoms with Gasteiger partial charge in [-0.25, -0.2) is 4.98 Å². The van der Waals surface area contributed by atoms with Crippen LogP contribution in [0.2, 0.25) is 0 Å². The molecule has 1 aliphatic rings. The van der Waals surface area contributed by atoms with Gasteiger partial charge in [0.15, 0.2) is 0 Å². The van der Waals surface area contributed by atoms with Crippen molar-refractivity contribution in [3.05, 3.63) is 23.4 Å². The number of aromatic nitrogens is 1. The fourth-order valence-electron chi connectivity index (χ4n) is 2.40. The van der Waals surface area contributed by atoms with Crippen LogP contribution in [0.4, 0.5) is 5.82 Å². The summed E-state index contributed by atoms with van der Waals surface area (Å²) in [6.07, 6.45) is 2.05. The molecule has 0 aliphatic carbocycles. The second-order valence-corrected chi connectivity index (χ2v) is 5.84. The van der Waals surface area contributed by atoms with Crippen molar-refractivity contribution in [3.8, 4) is 0 Å². The van der Waals surface area contributed by atoms with Gasteiger partial charge in [-0.3, -0.25) is 4.79 Å². The van der Waals surface area contributed by atoms with E-state index in [1.807, 2.05) is 13.1 Å². The second kappa shape index (κ2) is 7.41. The Kier molecular flexibility index (Phi) is 5.56. The lowest BCUT2D eigenvalue weighted by Crippen LogP contribution is -2.32. The second-order valence-electron chi connectivity index (χ2n) is 5.84. The number of hydrogen-bond acceptors (Lipinski definition) is 4. The molecule has 0 saturated carbocycles. The highest BCUT2D eigenvalue weighted by Gasteiger charge is 2.16. The van der Waals surface area contributed by atoms with E-state index in [1.165, 1.54) is 0 Å². The predicted molar refractivity (Wildman–Crippen MR) is 83.7 cm³/mol. The lowest BCUT2D eigenvalue weighted by molar-refractivity contribution is 0.0642. The summed E-state index contributed by atoms with van der Waals surface area (Å²) in [5.74, 6) is 1.53. The van der Waals surface area contributed by atoms with Crippen LogP contribution in [0.15, 0.2) is 12.1 Å². The maximum absolute atomic E-state index is 12.3. The molecule has 0 unspecified atom stereocenters. The lowest BCUT2D eigenvalue weighted by atomic mass is 10.0. The van der Waals surface area contributed by atoms with Gasteiger partial charge in [0, 0.05) is 38.1 Å². The number of rotatable bonds is 5. The topological polar surface area (TPSA) is 63.2 Å². The molecule has 1 aromatic rings. The van der Waals surface area contributed by atoms with Crippen molar-refractivity contribution >= 4 is 11.7 Å². The number of nitrogens with one attached hydrogen (secondary N) is 2. The average Bonchev–Trinajstić information content (AvgIpc) is 2.53. The molecule has 0 atom stereocenters. The monoisotopic (exact) mass is 291 g/mol. The van der Waals surface area contributed by atoms with E-state index in [0.29, 0.717) is 17.4 Å². The molecular weight excluding hydrogens is 266 g/mol. The number of hydrogen-bond donors (Lipinski definition) is 2. The van der Waals surface area contributed by atoms with Crippen molar-refractivity contribution in [1.82, 2.24) is 10.3 Å². The van der Waals surface area contributed by atoms with Gasteiger partial charge in [-0.1, -0.05) is 13.8 Å². The minimum Gasteiger partial charge on any atom is -0.381 e. The summed E-state index contributed by atoms with van der Waals surface area (Å²) in [7, 11) is 1.82. The molecule has 0 spiro atoms. The highest BCUT2D eigenvalue weighted by molar-refractivity contribution is 5.95. The van der Waals surface area contributed by atoms with Crippen LogP contribution in [0, 0.1) is 5.92 Å². The first kappa shape index (κ1) is 15.8. The fourth-order valence-corrected chi connectivity index (χ4v) is 2.40. The molecule has 1 amide bonds. The van der Waals surface area contributed by atoms with Crippen LogP contribution < -0.4 is 10.6 Å². The van der Waals surface area contributed by atoms with Crippen LogP contribution in [-0.4, -0.2) is 37.7 Å². The van der Waals surface area contributed by atoms with E-state index in [4.69, 9.17) is 4.74 Å². The van der Waals surface area contributed by atoms with Crippen LogP contribution in [0.25, 0.3) is 0 Å². The maximum atomic E-state index is 12.3. The third-order valence-corrected chi connectivity index (χ3v) is 3.85. The van der Waals surface area contributed by atoms with Crippen molar-refractivity contribution in [1.29, 1.82) is 0 Å². The number of ether oxygens (including phenoxy) is 1. The lowest BCUT2D eigenvalue weighted by Gasteiger charge is -2.22. The molecule has 1 aliphatic heterocycles. The summed E-state index contributed by atoms with van der Waals surface area (Å²) in [6.45, 7) is 6.47. The molecule has 2 heterocycles. The first-order chi connectivity index (χ1) is 10.1. The van der Waals surface area contributed by atoms with Crippen molar-refractivity contribution in [2.75, 3.05) is 32.1 Å². The zero-order valence-electron chi connectivity index (χ0n) is 13.1. The van der Waals surface area contributed by atoms with Gasteiger partial charge in [-0.05, 0) is 36.8 Å². The van der Waals surface area contributed by atoms with Gasteiger partial charge < -0.3 is 15.4 Å². The quantitative estimate of drug-likeness (QED) is 0.874. The Hall–Kier alpha value is -1.62. The number of nitrogens with zero attached hydrogens (tertiary/aromatic N) is 1. The summed E-state index contributed by atoms with van der Waals surface area (Å²) in [6, 6.07) is 3.68. The van der Waals surface area contributed by atoms with Crippen molar-refractivity contribution in [2.45, 2.75) is 32.6 Å². The van der Waals surface area contributed by atoms with E-state index in [0.717, 1.165) is 44.1 Å². The number of pyridine rings is 1. The largest absolute Gasteiger partial charge is 0.381 e. The summed E-state index contributed by atoms with van der Waals surface area (Å²) in [4.78, 5) is 16.8. The molecule has 1 saturated heterocycles. The number of carbonyl (C=O) groups excluding carboxylic acids is 1. The smallest absolute Gasteiger partial charge is 0.251 e. The first-order valence-corrected chi connectivity index (χ1v) is 7.66. The van der Waals surface area contributed by atoms with Gasteiger partial charge in [0.2, 0.25) is 0 Å². The Bertz CT molecular complexity index is 482. The molecule has 0 aromatic carbocycles. The minimum atomic E-state index is -0.0257. The standard InChI is InChI=1S/C16H25N3O2/c1-11(2)14-8-13(9-15(17-3)19-14)16(20)18-10-12-4-6-21-7-5-12/h8-9,11-12H,4-7,10H2,1-3H3,(H,17,19)(H,18,20). The zero-order valence-corrected chi connectivity index (χ0v) is 13.1. The van der Waals surface area contributed by atoms with Gasteiger partial charge >= 0.3 is 0 Å². The Labute approximate surface area is 126 Å². The van der Waals surface area contributed by atoms with Crippen LogP contribution in [0.5, 0.6) is 0 Å². The van der Waals surface area contributed by atoms with Crippen LogP contribution in [0.3, 0.4) is 0 Å². The SMILES string of the molecule is CNc1cc(C(=O)NCC2CCOCC2)cc(C(C)C)n1. The van der Waals surface area contributed by atoms with Gasteiger partial charge in [-0.2, -0.15) is 0 Å². The Morgan fingerprint density at radius 2 is 2.10 bits per heavy atom. The van der Waals surface area contributed by atoms with Gasteiger partial charge in [0.25, 0.3) is 5.91 Å². The summed E-state index contributed by atoms with van der Waals surface area (Å²) in [5.41, 5.74) is 1.60. The van der Waals surface area contributed by atoms with Gasteiger partial charge in [-0.15, -0.1) is 0 Å². The zero-order chi connectivity index (χ0) is 15.2. The minimum absolute atomic E-state index is 0.0257. The average molecular weight is 291 g/mol. The Morgan fingerprint density at radius 1 is 1.38 bits per heavy atom. The predicted octanol–water partition coefficient (Wildman–Crippen LogP) is 2.40. The van der Waals surface area contributed by atoms with Crippen molar-refractivity contribution in [3.63, 3.8) is 0 Å². The Balaban J connectivity index is 2.02. The maximum Gasteiger partial charge on any atom is 0.251 e. The molecular formula is C16H25N3O2. The first-order valence-electron chi connectivity index (χ1n) is 7.66. The number of carbonyl (C=O) groups is 1. The van der Waals surface area contributed by atoms with Crippen LogP contribution >= 0.6 is 0 Å². The summed E-state index contributed by atoms with van der Waals surface area (Å²) < 4.78 is 5.33. The van der Waals surface area contributed by atoms with Crippen LogP contribution in [-0.2, 0) is 4.74 Å². The van der Waals surface area contributed by atoms with E-state index >= 15 is 0 Å². The molecule has 2 rings (SSSR count). The van der Waals surface area contributed by atoms with E-state index in [-0.39, 0.29) is 5.91 Å². The van der Waals surface area contributed by atoms with Crippen LogP contribution in [0.1, 0.15) is 48.7 Å². The highest BCUT2D eigenvalue weighted by Crippen LogP contribution is 2.18. The number of anilines is 1. The van der Waals surface area contributed by atoms with E-state index < -0.39 is 0 Å². The summed E-state index contributed by atoms with van der Waals surface area (Å²) >= 11 is 0. The third kappa shape index (κ3) is 4.43. The Morgan fingerprint density at radius 3 is 2.71 bits per heavy atom. The molecule has 1 aromatic heterocycles. The van der Waals surface area contributed by atoms with E-state index in [9.17, 15) is 4.79 Å².